The van der Waals surface area contributed by atoms with Gasteiger partial charge >= 0.3 is 0 Å². The lowest BCUT2D eigenvalue weighted by Gasteiger charge is -2.41. The molecule has 1 aromatic carbocycles. The standard InChI is InChI=1S/C20H28N2O4/c23-17-20(15-18-5-2-1-3-6-18)16-22(11-14-26-20)19(24)7-4-8-21-9-12-25-13-10-21/h1-7,23H,8-17H2/b7-4+/t20-/m0/s1. The van der Waals surface area contributed by atoms with Gasteiger partial charge in [-0.1, -0.05) is 36.4 Å². The molecule has 26 heavy (non-hydrogen) atoms. The maximum Gasteiger partial charge on any atom is 0.246 e. The second kappa shape index (κ2) is 9.28. The quantitative estimate of drug-likeness (QED) is 0.757. The molecular weight excluding hydrogens is 332 g/mol. The number of rotatable bonds is 6. The summed E-state index contributed by atoms with van der Waals surface area (Å²) < 4.78 is 11.2. The molecular formula is C20H28N2O4. The van der Waals surface area contributed by atoms with E-state index in [0.29, 0.717) is 26.1 Å². The molecule has 1 N–H and O–H groups in total. The van der Waals surface area contributed by atoms with Crippen LogP contribution in [0, 0.1) is 0 Å². The molecule has 6 heteroatoms. The number of morpholine rings is 2. The number of carbonyl (C=O) groups excluding carboxylic acids is 1. The second-order valence-corrected chi connectivity index (χ2v) is 6.93. The molecule has 2 fully saturated rings. The summed E-state index contributed by atoms with van der Waals surface area (Å²) in [5.41, 5.74) is 0.367. The summed E-state index contributed by atoms with van der Waals surface area (Å²) >= 11 is 0. The molecule has 2 saturated heterocycles. The van der Waals surface area contributed by atoms with Gasteiger partial charge in [0.05, 0.1) is 33.0 Å². The summed E-state index contributed by atoms with van der Waals surface area (Å²) in [6, 6.07) is 9.94. The third-order valence-electron chi connectivity index (χ3n) is 4.95. The van der Waals surface area contributed by atoms with Crippen molar-refractivity contribution in [3.05, 3.63) is 48.0 Å². The van der Waals surface area contributed by atoms with Crippen LogP contribution in [-0.2, 0) is 20.7 Å². The number of ether oxygens (including phenoxy) is 2. The maximum atomic E-state index is 12.6. The first-order valence-corrected chi connectivity index (χ1v) is 9.25. The van der Waals surface area contributed by atoms with Crippen LogP contribution < -0.4 is 0 Å². The zero-order valence-electron chi connectivity index (χ0n) is 15.2. The third kappa shape index (κ3) is 5.14. The van der Waals surface area contributed by atoms with Crippen molar-refractivity contribution in [3.8, 4) is 0 Å². The molecule has 1 aromatic rings. The summed E-state index contributed by atoms with van der Waals surface area (Å²) in [4.78, 5) is 16.6. The predicted molar refractivity (Wildman–Crippen MR) is 98.9 cm³/mol. The lowest BCUT2D eigenvalue weighted by atomic mass is 9.93. The van der Waals surface area contributed by atoms with Gasteiger partial charge in [-0.15, -0.1) is 0 Å². The van der Waals surface area contributed by atoms with Crippen LogP contribution in [0.4, 0.5) is 0 Å². The molecule has 0 spiro atoms. The molecule has 0 saturated carbocycles. The van der Waals surface area contributed by atoms with Crippen LogP contribution in [0.3, 0.4) is 0 Å². The number of carbonyl (C=O) groups is 1. The predicted octanol–water partition coefficient (Wildman–Crippen LogP) is 0.707. The van der Waals surface area contributed by atoms with E-state index in [2.05, 4.69) is 4.90 Å². The minimum atomic E-state index is -0.729. The SMILES string of the molecule is O=C(/C=C/CN1CCOCC1)N1CCO[C@@](CO)(Cc2ccccc2)C1. The summed E-state index contributed by atoms with van der Waals surface area (Å²) in [7, 11) is 0. The monoisotopic (exact) mass is 360 g/mol. The van der Waals surface area contributed by atoms with Crippen molar-refractivity contribution in [3.63, 3.8) is 0 Å². The second-order valence-electron chi connectivity index (χ2n) is 6.93. The molecule has 3 rings (SSSR count). The average Bonchev–Trinajstić information content (AvgIpc) is 2.69. The third-order valence-corrected chi connectivity index (χ3v) is 4.95. The summed E-state index contributed by atoms with van der Waals surface area (Å²) in [6.45, 7) is 5.36. The fraction of sp³-hybridized carbons (Fsp3) is 0.550. The van der Waals surface area contributed by atoms with Gasteiger partial charge in [-0.05, 0) is 5.56 Å². The molecule has 2 aliphatic heterocycles. The number of aliphatic hydroxyl groups excluding tert-OH is 1. The highest BCUT2D eigenvalue weighted by Gasteiger charge is 2.37. The van der Waals surface area contributed by atoms with Gasteiger partial charge in [-0.25, -0.2) is 0 Å². The molecule has 0 radical (unpaired) electrons. The Morgan fingerprint density at radius 1 is 1.15 bits per heavy atom. The smallest absolute Gasteiger partial charge is 0.246 e. The zero-order valence-corrected chi connectivity index (χ0v) is 15.2. The van der Waals surface area contributed by atoms with E-state index >= 15 is 0 Å². The molecule has 1 atom stereocenters. The minimum Gasteiger partial charge on any atom is -0.393 e. The minimum absolute atomic E-state index is 0.0209. The van der Waals surface area contributed by atoms with Crippen molar-refractivity contribution < 1.29 is 19.4 Å². The first-order valence-electron chi connectivity index (χ1n) is 9.25. The van der Waals surface area contributed by atoms with Gasteiger partial charge in [0.25, 0.3) is 0 Å². The Balaban J connectivity index is 1.56. The van der Waals surface area contributed by atoms with Gasteiger partial charge < -0.3 is 19.5 Å². The van der Waals surface area contributed by atoms with Crippen LogP contribution in [-0.4, -0.2) is 85.6 Å². The number of nitrogens with zero attached hydrogens (tertiary/aromatic N) is 2. The molecule has 1 amide bonds. The Kier molecular flexibility index (Phi) is 6.80. The van der Waals surface area contributed by atoms with Gasteiger partial charge in [0.15, 0.2) is 0 Å². The first-order chi connectivity index (χ1) is 12.7. The van der Waals surface area contributed by atoms with Gasteiger partial charge in [0.1, 0.15) is 5.60 Å². The van der Waals surface area contributed by atoms with E-state index in [1.165, 1.54) is 0 Å². The van der Waals surface area contributed by atoms with Crippen molar-refractivity contribution in [2.24, 2.45) is 0 Å². The van der Waals surface area contributed by atoms with Gasteiger partial charge in [-0.2, -0.15) is 0 Å². The fourth-order valence-corrected chi connectivity index (χ4v) is 3.45. The molecule has 2 heterocycles. The van der Waals surface area contributed by atoms with Crippen LogP contribution in [0.15, 0.2) is 42.5 Å². The van der Waals surface area contributed by atoms with Crippen molar-refractivity contribution in [2.45, 2.75) is 12.0 Å². The Labute approximate surface area is 155 Å². The molecule has 0 aliphatic carbocycles. The molecule has 6 nitrogen and oxygen atoms in total. The van der Waals surface area contributed by atoms with Crippen molar-refractivity contribution in [1.82, 2.24) is 9.80 Å². The lowest BCUT2D eigenvalue weighted by molar-refractivity contribution is -0.153. The van der Waals surface area contributed by atoms with Crippen molar-refractivity contribution in [2.75, 3.05) is 59.2 Å². The highest BCUT2D eigenvalue weighted by atomic mass is 16.5. The number of aliphatic hydroxyl groups is 1. The fourth-order valence-electron chi connectivity index (χ4n) is 3.45. The molecule has 142 valence electrons. The van der Waals surface area contributed by atoms with Crippen LogP contribution in [0.2, 0.25) is 0 Å². The summed E-state index contributed by atoms with van der Waals surface area (Å²) in [6.07, 6.45) is 4.15. The average molecular weight is 360 g/mol. The van der Waals surface area contributed by atoms with Gasteiger partial charge in [-0.3, -0.25) is 9.69 Å². The van der Waals surface area contributed by atoms with E-state index in [1.54, 1.807) is 11.0 Å². The summed E-state index contributed by atoms with van der Waals surface area (Å²) in [5, 5.41) is 9.95. The van der Waals surface area contributed by atoms with Gasteiger partial charge in [0.2, 0.25) is 5.91 Å². The Morgan fingerprint density at radius 3 is 2.65 bits per heavy atom. The lowest BCUT2D eigenvalue weighted by Crippen LogP contribution is -2.56. The number of hydrogen-bond acceptors (Lipinski definition) is 5. The largest absolute Gasteiger partial charge is 0.393 e. The topological polar surface area (TPSA) is 62.2 Å². The van der Waals surface area contributed by atoms with Crippen molar-refractivity contribution in [1.29, 1.82) is 0 Å². The van der Waals surface area contributed by atoms with E-state index in [-0.39, 0.29) is 12.5 Å². The molecule has 0 bridgehead atoms. The van der Waals surface area contributed by atoms with E-state index in [4.69, 9.17) is 9.47 Å². The van der Waals surface area contributed by atoms with Crippen LogP contribution in [0.5, 0.6) is 0 Å². The zero-order chi connectivity index (χ0) is 18.2. The van der Waals surface area contributed by atoms with Crippen LogP contribution >= 0.6 is 0 Å². The van der Waals surface area contributed by atoms with E-state index in [9.17, 15) is 9.90 Å². The number of amides is 1. The first kappa shape index (κ1) is 19.0. The van der Waals surface area contributed by atoms with Crippen molar-refractivity contribution >= 4 is 5.91 Å². The van der Waals surface area contributed by atoms with Gasteiger partial charge in [0, 0.05) is 38.7 Å². The molecule has 0 aromatic heterocycles. The Morgan fingerprint density at radius 2 is 1.92 bits per heavy atom. The van der Waals surface area contributed by atoms with E-state index in [1.807, 2.05) is 36.4 Å². The highest BCUT2D eigenvalue weighted by molar-refractivity contribution is 5.87. The normalized spacial score (nSPS) is 24.9. The van der Waals surface area contributed by atoms with E-state index < -0.39 is 5.60 Å². The molecule has 2 aliphatic rings. The number of benzene rings is 1. The van der Waals surface area contributed by atoms with E-state index in [0.717, 1.165) is 38.4 Å². The van der Waals surface area contributed by atoms with Crippen LogP contribution in [0.25, 0.3) is 0 Å². The number of hydrogen-bond donors (Lipinski definition) is 1. The Hall–Kier alpha value is -1.73. The highest BCUT2D eigenvalue weighted by Crippen LogP contribution is 2.23. The Bertz CT molecular complexity index is 601. The molecule has 0 unspecified atom stereocenters. The maximum absolute atomic E-state index is 12.6. The summed E-state index contributed by atoms with van der Waals surface area (Å²) in [5.74, 6) is -0.0209. The van der Waals surface area contributed by atoms with Crippen LogP contribution in [0.1, 0.15) is 5.56 Å².